The van der Waals surface area contributed by atoms with Gasteiger partial charge in [0.2, 0.25) is 5.91 Å². The summed E-state index contributed by atoms with van der Waals surface area (Å²) in [6.07, 6.45) is 1.72. The number of nitrogens with one attached hydrogen (secondary N) is 1. The van der Waals surface area contributed by atoms with Gasteiger partial charge < -0.3 is 9.88 Å². The zero-order valence-corrected chi connectivity index (χ0v) is 9.15. The van der Waals surface area contributed by atoms with Gasteiger partial charge in [0.1, 0.15) is 0 Å². The molecule has 1 aromatic carbocycles. The monoisotopic (exact) mass is 216 g/mol. The maximum atomic E-state index is 11.8. The fourth-order valence-electron chi connectivity index (χ4n) is 1.62. The third-order valence-corrected chi connectivity index (χ3v) is 2.40. The zero-order chi connectivity index (χ0) is 11.7. The minimum absolute atomic E-state index is 0.0651. The van der Waals surface area contributed by atoms with E-state index >= 15 is 0 Å². The molecule has 0 atom stereocenters. The first kappa shape index (κ1) is 10.4. The number of benzene rings is 1. The zero-order valence-electron chi connectivity index (χ0n) is 9.15. The molecule has 0 unspecified atom stereocenters. The SMILES string of the molecule is CC(=O)Nc1ccc2ccn(C)c(=O)c2c1. The fourth-order valence-corrected chi connectivity index (χ4v) is 1.62. The van der Waals surface area contributed by atoms with E-state index in [1.165, 1.54) is 11.5 Å². The first-order chi connectivity index (χ1) is 7.58. The van der Waals surface area contributed by atoms with Crippen LogP contribution >= 0.6 is 0 Å². The van der Waals surface area contributed by atoms with Crippen molar-refractivity contribution in [2.24, 2.45) is 7.05 Å². The first-order valence-corrected chi connectivity index (χ1v) is 4.95. The second-order valence-electron chi connectivity index (χ2n) is 3.72. The van der Waals surface area contributed by atoms with Gasteiger partial charge in [0, 0.05) is 31.2 Å². The fraction of sp³-hybridized carbons (Fsp3) is 0.167. The normalized spacial score (nSPS) is 10.4. The molecule has 0 bridgehead atoms. The molecule has 0 saturated carbocycles. The first-order valence-electron chi connectivity index (χ1n) is 4.95. The predicted molar refractivity (Wildman–Crippen MR) is 63.5 cm³/mol. The van der Waals surface area contributed by atoms with Crippen LogP contribution in [0.2, 0.25) is 0 Å². The van der Waals surface area contributed by atoms with E-state index in [4.69, 9.17) is 0 Å². The van der Waals surface area contributed by atoms with Gasteiger partial charge in [-0.2, -0.15) is 0 Å². The van der Waals surface area contributed by atoms with Crippen LogP contribution in [-0.2, 0) is 11.8 Å². The number of hydrogen-bond acceptors (Lipinski definition) is 2. The van der Waals surface area contributed by atoms with E-state index < -0.39 is 0 Å². The lowest BCUT2D eigenvalue weighted by molar-refractivity contribution is -0.114. The summed E-state index contributed by atoms with van der Waals surface area (Å²) in [5.41, 5.74) is 0.577. The van der Waals surface area contributed by atoms with Crippen LogP contribution in [0.15, 0.2) is 35.3 Å². The molecule has 0 radical (unpaired) electrons. The highest BCUT2D eigenvalue weighted by molar-refractivity contribution is 5.92. The number of carbonyl (C=O) groups is 1. The van der Waals surface area contributed by atoms with E-state index in [1.807, 2.05) is 12.1 Å². The molecule has 0 spiro atoms. The number of aromatic nitrogens is 1. The van der Waals surface area contributed by atoms with Crippen molar-refractivity contribution < 1.29 is 4.79 Å². The molecule has 2 aromatic rings. The maximum absolute atomic E-state index is 11.8. The van der Waals surface area contributed by atoms with Crippen LogP contribution in [0.3, 0.4) is 0 Å². The van der Waals surface area contributed by atoms with E-state index in [0.717, 1.165) is 5.39 Å². The van der Waals surface area contributed by atoms with Gasteiger partial charge in [-0.1, -0.05) is 6.07 Å². The third-order valence-electron chi connectivity index (χ3n) is 2.40. The van der Waals surface area contributed by atoms with Crippen molar-refractivity contribution >= 4 is 22.4 Å². The van der Waals surface area contributed by atoms with Gasteiger partial charge in [0.15, 0.2) is 0 Å². The smallest absolute Gasteiger partial charge is 0.258 e. The number of nitrogens with zero attached hydrogens (tertiary/aromatic N) is 1. The van der Waals surface area contributed by atoms with Gasteiger partial charge in [0.25, 0.3) is 5.56 Å². The Morgan fingerprint density at radius 2 is 2.06 bits per heavy atom. The summed E-state index contributed by atoms with van der Waals surface area (Å²) in [6.45, 7) is 1.44. The highest BCUT2D eigenvalue weighted by atomic mass is 16.1. The second kappa shape index (κ2) is 3.81. The van der Waals surface area contributed by atoms with Gasteiger partial charge in [-0.3, -0.25) is 9.59 Å². The number of anilines is 1. The Labute approximate surface area is 92.5 Å². The molecule has 82 valence electrons. The largest absolute Gasteiger partial charge is 0.326 e. The van der Waals surface area contributed by atoms with Crippen LogP contribution in [0.1, 0.15) is 6.92 Å². The van der Waals surface area contributed by atoms with Crippen molar-refractivity contribution in [2.45, 2.75) is 6.92 Å². The molecule has 4 heteroatoms. The highest BCUT2D eigenvalue weighted by Crippen LogP contribution is 2.15. The number of carbonyl (C=O) groups excluding carboxylic acids is 1. The predicted octanol–water partition coefficient (Wildman–Crippen LogP) is 1.50. The van der Waals surface area contributed by atoms with Crippen molar-refractivity contribution in [1.82, 2.24) is 4.57 Å². The van der Waals surface area contributed by atoms with Gasteiger partial charge >= 0.3 is 0 Å². The molecule has 0 aliphatic heterocycles. The summed E-state index contributed by atoms with van der Waals surface area (Å²) < 4.78 is 1.51. The molecule has 0 aliphatic rings. The minimum atomic E-state index is -0.146. The molecule has 16 heavy (non-hydrogen) atoms. The van der Waals surface area contributed by atoms with E-state index in [-0.39, 0.29) is 11.5 Å². The summed E-state index contributed by atoms with van der Waals surface area (Å²) in [7, 11) is 1.70. The van der Waals surface area contributed by atoms with Crippen molar-refractivity contribution in [3.63, 3.8) is 0 Å². The van der Waals surface area contributed by atoms with E-state index in [0.29, 0.717) is 11.1 Å². The number of rotatable bonds is 1. The Kier molecular flexibility index (Phi) is 2.48. The number of aryl methyl sites for hydroxylation is 1. The average molecular weight is 216 g/mol. The lowest BCUT2D eigenvalue weighted by atomic mass is 10.1. The number of fused-ring (bicyclic) bond motifs is 1. The molecular weight excluding hydrogens is 204 g/mol. The maximum Gasteiger partial charge on any atom is 0.258 e. The van der Waals surface area contributed by atoms with Crippen molar-refractivity contribution in [3.05, 3.63) is 40.8 Å². The molecule has 0 fully saturated rings. The Hall–Kier alpha value is -2.10. The highest BCUT2D eigenvalue weighted by Gasteiger charge is 2.02. The Morgan fingerprint density at radius 1 is 1.31 bits per heavy atom. The van der Waals surface area contributed by atoms with Crippen LogP contribution in [0.4, 0.5) is 5.69 Å². The van der Waals surface area contributed by atoms with Crippen LogP contribution in [0.25, 0.3) is 10.8 Å². The number of pyridine rings is 1. The topological polar surface area (TPSA) is 51.1 Å². The van der Waals surface area contributed by atoms with Crippen LogP contribution in [-0.4, -0.2) is 10.5 Å². The molecule has 1 amide bonds. The van der Waals surface area contributed by atoms with Gasteiger partial charge in [-0.05, 0) is 23.6 Å². The summed E-state index contributed by atoms with van der Waals surface area (Å²) in [6, 6.07) is 7.17. The van der Waals surface area contributed by atoms with E-state index in [9.17, 15) is 9.59 Å². The van der Waals surface area contributed by atoms with Crippen molar-refractivity contribution in [3.8, 4) is 0 Å². The molecular formula is C12H12N2O2. The summed E-state index contributed by atoms with van der Waals surface area (Å²) >= 11 is 0. The van der Waals surface area contributed by atoms with Crippen LogP contribution < -0.4 is 10.9 Å². The summed E-state index contributed by atoms with van der Waals surface area (Å²) in [5, 5.41) is 4.14. The third kappa shape index (κ3) is 1.82. The van der Waals surface area contributed by atoms with Gasteiger partial charge in [0.05, 0.1) is 0 Å². The quantitative estimate of drug-likeness (QED) is 0.785. The Morgan fingerprint density at radius 3 is 2.75 bits per heavy atom. The molecule has 1 N–H and O–H groups in total. The Bertz CT molecular complexity index is 614. The van der Waals surface area contributed by atoms with Crippen molar-refractivity contribution in [1.29, 1.82) is 0 Å². The van der Waals surface area contributed by atoms with Gasteiger partial charge in [-0.25, -0.2) is 0 Å². The standard InChI is InChI=1S/C12H12N2O2/c1-8(15)13-10-4-3-9-5-6-14(2)12(16)11(9)7-10/h3-7H,1-2H3,(H,13,15). The molecule has 0 saturated heterocycles. The number of hydrogen-bond donors (Lipinski definition) is 1. The van der Waals surface area contributed by atoms with Gasteiger partial charge in [-0.15, -0.1) is 0 Å². The molecule has 1 aromatic heterocycles. The minimum Gasteiger partial charge on any atom is -0.326 e. The van der Waals surface area contributed by atoms with Crippen LogP contribution in [0, 0.1) is 0 Å². The lowest BCUT2D eigenvalue weighted by Gasteiger charge is -2.05. The number of amides is 1. The molecule has 4 nitrogen and oxygen atoms in total. The van der Waals surface area contributed by atoms with E-state index in [1.54, 1.807) is 25.4 Å². The summed E-state index contributed by atoms with van der Waals surface area (Å²) in [4.78, 5) is 22.7. The summed E-state index contributed by atoms with van der Waals surface area (Å²) in [5.74, 6) is -0.146. The van der Waals surface area contributed by atoms with E-state index in [2.05, 4.69) is 5.32 Å². The lowest BCUT2D eigenvalue weighted by Crippen LogP contribution is -2.15. The molecule has 1 heterocycles. The average Bonchev–Trinajstić information content (AvgIpc) is 2.23. The Balaban J connectivity index is 2.64. The van der Waals surface area contributed by atoms with Crippen LogP contribution in [0.5, 0.6) is 0 Å². The molecule has 2 rings (SSSR count). The van der Waals surface area contributed by atoms with Crippen molar-refractivity contribution in [2.75, 3.05) is 5.32 Å². The molecule has 0 aliphatic carbocycles. The second-order valence-corrected chi connectivity index (χ2v) is 3.72.